The molecule has 0 aliphatic heterocycles. The van der Waals surface area contributed by atoms with Crippen LogP contribution in [-0.2, 0) is 14.8 Å². The van der Waals surface area contributed by atoms with Gasteiger partial charge < -0.3 is 10.1 Å². The maximum atomic E-state index is 12.1. The minimum absolute atomic E-state index is 0.243. The summed E-state index contributed by atoms with van der Waals surface area (Å²) < 4.78 is 31.9. The van der Waals surface area contributed by atoms with Gasteiger partial charge >= 0.3 is 0 Å². The van der Waals surface area contributed by atoms with Crippen LogP contribution >= 0.6 is 0 Å². The number of hydrogen-bond acceptors (Lipinski definition) is 4. The van der Waals surface area contributed by atoms with Crippen molar-refractivity contribution in [3.63, 3.8) is 0 Å². The molecule has 1 amide bonds. The molecule has 0 spiro atoms. The Hall–Kier alpha value is -2.80. The second kappa shape index (κ2) is 7.65. The van der Waals surface area contributed by atoms with Gasteiger partial charge in [-0.2, -0.15) is 0 Å². The van der Waals surface area contributed by atoms with E-state index in [2.05, 4.69) is 10.0 Å². The third-order valence-corrected chi connectivity index (χ3v) is 4.03. The fraction of sp³-hybridized carbons (Fsp3) is 0.118. The molecule has 0 bridgehead atoms. The molecule has 24 heavy (non-hydrogen) atoms. The van der Waals surface area contributed by atoms with Crippen molar-refractivity contribution >= 4 is 33.4 Å². The minimum atomic E-state index is -3.67. The number of methoxy groups -OCH3 is 1. The summed E-state index contributed by atoms with van der Waals surface area (Å²) in [6.45, 7) is 1.38. The highest BCUT2D eigenvalue weighted by Gasteiger charge is 2.10. The Bertz CT molecular complexity index is 846. The van der Waals surface area contributed by atoms with Gasteiger partial charge in [-0.05, 0) is 23.8 Å². The predicted octanol–water partition coefficient (Wildman–Crippen LogP) is 3.07. The maximum Gasteiger partial charge on any atom is 0.255 e. The standard InChI is InChI=1S/C17H18N2O4S/c1-13(20)18-16-9-8-15(12-17(16)23-2)19-24(21,22)11-10-14-6-4-3-5-7-14/h3-12,19H,1-2H3,(H,18,20)/b11-10+. The lowest BCUT2D eigenvalue weighted by atomic mass is 10.2. The van der Waals surface area contributed by atoms with Gasteiger partial charge in [0, 0.05) is 13.0 Å². The summed E-state index contributed by atoms with van der Waals surface area (Å²) >= 11 is 0. The molecule has 2 aromatic rings. The molecule has 126 valence electrons. The van der Waals surface area contributed by atoms with Crippen LogP contribution in [0.3, 0.4) is 0 Å². The fourth-order valence-corrected chi connectivity index (χ4v) is 2.84. The van der Waals surface area contributed by atoms with Crippen LogP contribution in [0.5, 0.6) is 5.75 Å². The van der Waals surface area contributed by atoms with Gasteiger partial charge in [-0.15, -0.1) is 0 Å². The van der Waals surface area contributed by atoms with Crippen LogP contribution in [0.1, 0.15) is 12.5 Å². The lowest BCUT2D eigenvalue weighted by molar-refractivity contribution is -0.114. The van der Waals surface area contributed by atoms with Crippen LogP contribution in [0.25, 0.3) is 6.08 Å². The fourth-order valence-electron chi connectivity index (χ4n) is 1.98. The topological polar surface area (TPSA) is 84.5 Å². The van der Waals surface area contributed by atoms with Crippen molar-refractivity contribution in [2.24, 2.45) is 0 Å². The number of benzene rings is 2. The molecule has 2 rings (SSSR count). The molecular formula is C17H18N2O4S. The van der Waals surface area contributed by atoms with Crippen LogP contribution in [-0.4, -0.2) is 21.4 Å². The number of hydrogen-bond donors (Lipinski definition) is 2. The zero-order valence-corrected chi connectivity index (χ0v) is 14.1. The Labute approximate surface area is 141 Å². The lowest BCUT2D eigenvalue weighted by Crippen LogP contribution is -2.10. The Morgan fingerprint density at radius 3 is 2.46 bits per heavy atom. The van der Waals surface area contributed by atoms with Crippen molar-refractivity contribution in [3.05, 3.63) is 59.5 Å². The van der Waals surface area contributed by atoms with E-state index < -0.39 is 10.0 Å². The van der Waals surface area contributed by atoms with Gasteiger partial charge in [0.15, 0.2) is 0 Å². The van der Waals surface area contributed by atoms with E-state index >= 15 is 0 Å². The van der Waals surface area contributed by atoms with Gasteiger partial charge in [0.2, 0.25) is 5.91 Å². The molecule has 2 N–H and O–H groups in total. The Balaban J connectivity index is 2.17. The molecule has 0 unspecified atom stereocenters. The Kier molecular flexibility index (Phi) is 5.59. The quantitative estimate of drug-likeness (QED) is 0.842. The molecule has 0 aliphatic carbocycles. The highest BCUT2D eigenvalue weighted by Crippen LogP contribution is 2.28. The number of ether oxygens (including phenoxy) is 1. The first kappa shape index (κ1) is 17.6. The second-order valence-corrected chi connectivity index (χ2v) is 6.52. The summed E-state index contributed by atoms with van der Waals surface area (Å²) in [5, 5.41) is 3.70. The molecule has 0 atom stereocenters. The zero-order valence-electron chi connectivity index (χ0n) is 13.3. The Morgan fingerprint density at radius 1 is 1.12 bits per heavy atom. The van der Waals surface area contributed by atoms with Crippen LogP contribution in [0.4, 0.5) is 11.4 Å². The molecule has 0 saturated carbocycles. The smallest absolute Gasteiger partial charge is 0.255 e. The highest BCUT2D eigenvalue weighted by atomic mass is 32.2. The van der Waals surface area contributed by atoms with E-state index in [0.29, 0.717) is 17.1 Å². The SMILES string of the molecule is COc1cc(NS(=O)(=O)/C=C/c2ccccc2)ccc1NC(C)=O. The summed E-state index contributed by atoms with van der Waals surface area (Å²) in [6, 6.07) is 13.7. The molecule has 0 saturated heterocycles. The van der Waals surface area contributed by atoms with Gasteiger partial charge in [-0.25, -0.2) is 8.42 Å². The monoisotopic (exact) mass is 346 g/mol. The zero-order chi connectivity index (χ0) is 17.6. The molecule has 2 aromatic carbocycles. The number of carbonyl (C=O) groups excluding carboxylic acids is 1. The van der Waals surface area contributed by atoms with Crippen LogP contribution < -0.4 is 14.8 Å². The number of amides is 1. The van der Waals surface area contributed by atoms with E-state index in [4.69, 9.17) is 4.74 Å². The maximum absolute atomic E-state index is 12.1. The molecule has 0 heterocycles. The normalized spacial score (nSPS) is 11.2. The van der Waals surface area contributed by atoms with Crippen molar-refractivity contribution in [1.29, 1.82) is 0 Å². The van der Waals surface area contributed by atoms with Crippen LogP contribution in [0.15, 0.2) is 53.9 Å². The van der Waals surface area contributed by atoms with E-state index in [-0.39, 0.29) is 5.91 Å². The molecule has 0 aromatic heterocycles. The average molecular weight is 346 g/mol. The number of sulfonamides is 1. The third kappa shape index (κ3) is 5.13. The van der Waals surface area contributed by atoms with Crippen molar-refractivity contribution in [2.45, 2.75) is 6.92 Å². The molecule has 6 nitrogen and oxygen atoms in total. The molecular weight excluding hydrogens is 328 g/mol. The first-order chi connectivity index (χ1) is 11.4. The molecule has 0 fully saturated rings. The highest BCUT2D eigenvalue weighted by molar-refractivity contribution is 7.95. The molecule has 7 heteroatoms. The van der Waals surface area contributed by atoms with Gasteiger partial charge in [0.05, 0.1) is 23.9 Å². The molecule has 0 aliphatic rings. The first-order valence-corrected chi connectivity index (χ1v) is 8.66. The summed E-state index contributed by atoms with van der Waals surface area (Å²) in [6.07, 6.45) is 1.51. The first-order valence-electron chi connectivity index (χ1n) is 7.11. The second-order valence-electron chi connectivity index (χ2n) is 4.96. The summed E-state index contributed by atoms with van der Waals surface area (Å²) in [5.41, 5.74) is 1.58. The van der Waals surface area contributed by atoms with E-state index in [0.717, 1.165) is 11.0 Å². The van der Waals surface area contributed by atoms with E-state index in [1.165, 1.54) is 26.2 Å². The van der Waals surface area contributed by atoms with Gasteiger partial charge in [0.25, 0.3) is 10.0 Å². The largest absolute Gasteiger partial charge is 0.494 e. The summed E-state index contributed by atoms with van der Waals surface area (Å²) in [7, 11) is -2.23. The van der Waals surface area contributed by atoms with E-state index in [1.54, 1.807) is 24.3 Å². The van der Waals surface area contributed by atoms with E-state index in [9.17, 15) is 13.2 Å². The van der Waals surface area contributed by atoms with Gasteiger partial charge in [-0.3, -0.25) is 9.52 Å². The van der Waals surface area contributed by atoms with Crippen molar-refractivity contribution in [1.82, 2.24) is 0 Å². The van der Waals surface area contributed by atoms with Crippen molar-refractivity contribution in [2.75, 3.05) is 17.1 Å². The minimum Gasteiger partial charge on any atom is -0.494 e. The van der Waals surface area contributed by atoms with Gasteiger partial charge in [0.1, 0.15) is 5.75 Å². The summed E-state index contributed by atoms with van der Waals surface area (Å²) in [5.74, 6) is 0.116. The number of nitrogens with one attached hydrogen (secondary N) is 2. The number of anilines is 2. The van der Waals surface area contributed by atoms with Crippen molar-refractivity contribution in [3.8, 4) is 5.75 Å². The van der Waals surface area contributed by atoms with E-state index in [1.807, 2.05) is 18.2 Å². The van der Waals surface area contributed by atoms with Gasteiger partial charge in [-0.1, -0.05) is 30.3 Å². The average Bonchev–Trinajstić information content (AvgIpc) is 2.55. The van der Waals surface area contributed by atoms with Crippen LogP contribution in [0, 0.1) is 0 Å². The third-order valence-electron chi connectivity index (χ3n) is 3.01. The summed E-state index contributed by atoms with van der Waals surface area (Å²) in [4.78, 5) is 11.1. The van der Waals surface area contributed by atoms with Crippen molar-refractivity contribution < 1.29 is 17.9 Å². The predicted molar refractivity (Wildman–Crippen MR) is 95.3 cm³/mol. The molecule has 0 radical (unpaired) electrons. The van der Waals surface area contributed by atoms with Crippen LogP contribution in [0.2, 0.25) is 0 Å². The lowest BCUT2D eigenvalue weighted by Gasteiger charge is -2.11. The number of carbonyl (C=O) groups is 1. The number of rotatable bonds is 6. The Morgan fingerprint density at radius 2 is 1.83 bits per heavy atom.